The van der Waals surface area contributed by atoms with Gasteiger partial charge in [0.15, 0.2) is 0 Å². The van der Waals surface area contributed by atoms with Gasteiger partial charge >= 0.3 is 12.3 Å². The lowest BCUT2D eigenvalue weighted by atomic mass is 10.1. The Morgan fingerprint density at radius 2 is 2.14 bits per heavy atom. The van der Waals surface area contributed by atoms with Crippen LogP contribution in [0.4, 0.5) is 17.6 Å². The minimum absolute atomic E-state index is 0.00640. The summed E-state index contributed by atoms with van der Waals surface area (Å²) in [6, 6.07) is 1.89. The standard InChI is InChI=1S/C14H21F4NOS/c1-2-6-19-12(4-3-11-5-7-21-9-11)8-20-10-14(17,18)13(15)16/h5,7,9,12-13,19H,2-4,6,8,10H2,1H3. The van der Waals surface area contributed by atoms with Crippen LogP contribution in [0.3, 0.4) is 0 Å². The fourth-order valence-corrected chi connectivity index (χ4v) is 2.47. The Kier molecular flexibility index (Phi) is 8.21. The van der Waals surface area contributed by atoms with Gasteiger partial charge in [-0.3, -0.25) is 0 Å². The lowest BCUT2D eigenvalue weighted by Gasteiger charge is -2.21. The molecule has 0 aliphatic rings. The number of rotatable bonds is 11. The molecular weight excluding hydrogens is 306 g/mol. The maximum absolute atomic E-state index is 12.8. The maximum atomic E-state index is 12.8. The Hall–Kier alpha value is -0.660. The molecule has 1 aromatic heterocycles. The Balaban J connectivity index is 2.35. The first-order valence-electron chi connectivity index (χ1n) is 6.94. The van der Waals surface area contributed by atoms with E-state index in [1.165, 1.54) is 5.56 Å². The molecule has 1 atom stereocenters. The van der Waals surface area contributed by atoms with Gasteiger partial charge in [0.25, 0.3) is 0 Å². The van der Waals surface area contributed by atoms with Crippen LogP contribution >= 0.6 is 11.3 Å². The Bertz CT molecular complexity index is 373. The highest BCUT2D eigenvalue weighted by Gasteiger charge is 2.41. The Morgan fingerprint density at radius 1 is 1.38 bits per heavy atom. The van der Waals surface area contributed by atoms with Crippen molar-refractivity contribution in [3.05, 3.63) is 22.4 Å². The van der Waals surface area contributed by atoms with E-state index >= 15 is 0 Å². The molecule has 2 nitrogen and oxygen atoms in total. The zero-order valence-corrected chi connectivity index (χ0v) is 12.8. The van der Waals surface area contributed by atoms with Gasteiger partial charge in [0, 0.05) is 6.04 Å². The largest absolute Gasteiger partial charge is 0.373 e. The van der Waals surface area contributed by atoms with E-state index in [1.807, 2.05) is 23.8 Å². The van der Waals surface area contributed by atoms with Crippen molar-refractivity contribution >= 4 is 11.3 Å². The summed E-state index contributed by atoms with van der Waals surface area (Å²) >= 11 is 1.60. The van der Waals surface area contributed by atoms with Crippen LogP contribution in [-0.4, -0.2) is 38.1 Å². The van der Waals surface area contributed by atoms with Crippen LogP contribution in [0.5, 0.6) is 0 Å². The number of ether oxygens (including phenoxy) is 1. The van der Waals surface area contributed by atoms with Gasteiger partial charge in [-0.2, -0.15) is 20.1 Å². The molecule has 1 aromatic rings. The van der Waals surface area contributed by atoms with E-state index in [-0.39, 0.29) is 12.6 Å². The molecule has 0 spiro atoms. The number of alkyl halides is 4. The molecule has 0 saturated heterocycles. The van der Waals surface area contributed by atoms with Gasteiger partial charge < -0.3 is 10.1 Å². The number of halogens is 4. The normalized spacial score (nSPS) is 13.8. The van der Waals surface area contributed by atoms with E-state index in [1.54, 1.807) is 11.3 Å². The highest BCUT2D eigenvalue weighted by Crippen LogP contribution is 2.23. The first-order chi connectivity index (χ1) is 9.95. The summed E-state index contributed by atoms with van der Waals surface area (Å²) in [6.45, 7) is 1.50. The second-order valence-electron chi connectivity index (χ2n) is 4.90. The van der Waals surface area contributed by atoms with Crippen molar-refractivity contribution in [2.75, 3.05) is 19.8 Å². The van der Waals surface area contributed by atoms with Gasteiger partial charge in [-0.25, -0.2) is 8.78 Å². The molecule has 1 unspecified atom stereocenters. The van der Waals surface area contributed by atoms with Crippen LogP contribution in [0.1, 0.15) is 25.3 Å². The van der Waals surface area contributed by atoms with E-state index in [9.17, 15) is 17.6 Å². The van der Waals surface area contributed by atoms with E-state index in [0.29, 0.717) is 0 Å². The molecule has 0 aromatic carbocycles. The third-order valence-corrected chi connectivity index (χ3v) is 3.71. The average Bonchev–Trinajstić information content (AvgIpc) is 2.94. The number of nitrogens with one attached hydrogen (secondary N) is 1. The predicted octanol–water partition coefficient (Wildman–Crippen LogP) is 3.97. The summed E-state index contributed by atoms with van der Waals surface area (Å²) in [6.07, 6.45) is -1.26. The summed E-state index contributed by atoms with van der Waals surface area (Å²) in [7, 11) is 0. The van der Waals surface area contributed by atoms with Gasteiger partial charge in [0.1, 0.15) is 6.61 Å². The molecule has 0 aliphatic carbocycles. The second-order valence-corrected chi connectivity index (χ2v) is 5.68. The minimum Gasteiger partial charge on any atom is -0.373 e. The van der Waals surface area contributed by atoms with Gasteiger partial charge in [-0.1, -0.05) is 6.92 Å². The van der Waals surface area contributed by atoms with Crippen molar-refractivity contribution in [1.82, 2.24) is 5.32 Å². The third kappa shape index (κ3) is 7.24. The molecule has 1 N–H and O–H groups in total. The molecule has 0 aliphatic heterocycles. The molecule has 122 valence electrons. The highest BCUT2D eigenvalue weighted by molar-refractivity contribution is 7.07. The maximum Gasteiger partial charge on any atom is 0.330 e. The van der Waals surface area contributed by atoms with Gasteiger partial charge in [0.2, 0.25) is 0 Å². The number of aryl methyl sites for hydroxylation is 1. The third-order valence-electron chi connectivity index (χ3n) is 2.98. The lowest BCUT2D eigenvalue weighted by Crippen LogP contribution is -2.38. The predicted molar refractivity (Wildman–Crippen MR) is 76.5 cm³/mol. The van der Waals surface area contributed by atoms with Crippen LogP contribution in [-0.2, 0) is 11.2 Å². The van der Waals surface area contributed by atoms with Crippen LogP contribution in [0.25, 0.3) is 0 Å². The van der Waals surface area contributed by atoms with Crippen molar-refractivity contribution in [2.45, 2.75) is 44.6 Å². The molecule has 0 radical (unpaired) electrons. The summed E-state index contributed by atoms with van der Waals surface area (Å²) in [5, 5.41) is 7.20. The molecule has 0 fully saturated rings. The van der Waals surface area contributed by atoms with Gasteiger partial charge in [-0.05, 0) is 48.2 Å². The van der Waals surface area contributed by atoms with Crippen molar-refractivity contribution in [2.24, 2.45) is 0 Å². The van der Waals surface area contributed by atoms with Crippen LogP contribution < -0.4 is 5.32 Å². The number of hydrogen-bond acceptors (Lipinski definition) is 3. The first-order valence-corrected chi connectivity index (χ1v) is 7.88. The van der Waals surface area contributed by atoms with E-state index in [2.05, 4.69) is 5.32 Å². The van der Waals surface area contributed by atoms with Gasteiger partial charge in [-0.15, -0.1) is 0 Å². The molecule has 1 rings (SSSR count). The summed E-state index contributed by atoms with van der Waals surface area (Å²) in [5.41, 5.74) is 1.18. The quantitative estimate of drug-likeness (QED) is 0.621. The zero-order valence-electron chi connectivity index (χ0n) is 12.0. The molecule has 0 amide bonds. The topological polar surface area (TPSA) is 21.3 Å². The number of thiophene rings is 1. The monoisotopic (exact) mass is 327 g/mol. The molecular formula is C14H21F4NOS. The molecule has 7 heteroatoms. The summed E-state index contributed by atoms with van der Waals surface area (Å²) < 4.78 is 54.4. The van der Waals surface area contributed by atoms with Gasteiger partial charge in [0.05, 0.1) is 6.61 Å². The number of hydrogen-bond donors (Lipinski definition) is 1. The SMILES string of the molecule is CCCNC(CCc1ccsc1)COCC(F)(F)C(F)F. The van der Waals surface area contributed by atoms with Crippen molar-refractivity contribution in [3.8, 4) is 0 Å². The minimum atomic E-state index is -4.08. The summed E-state index contributed by atoms with van der Waals surface area (Å²) in [5.74, 6) is -4.08. The van der Waals surface area contributed by atoms with E-state index in [4.69, 9.17) is 4.74 Å². The van der Waals surface area contributed by atoms with Crippen LogP contribution in [0.2, 0.25) is 0 Å². The summed E-state index contributed by atoms with van der Waals surface area (Å²) in [4.78, 5) is 0. The second kappa shape index (κ2) is 9.38. The highest BCUT2D eigenvalue weighted by atomic mass is 32.1. The fourth-order valence-electron chi connectivity index (χ4n) is 1.77. The Morgan fingerprint density at radius 3 is 2.71 bits per heavy atom. The van der Waals surface area contributed by atoms with Crippen molar-refractivity contribution in [3.63, 3.8) is 0 Å². The average molecular weight is 327 g/mol. The van der Waals surface area contributed by atoms with E-state index in [0.717, 1.165) is 25.8 Å². The van der Waals surface area contributed by atoms with Crippen LogP contribution in [0.15, 0.2) is 16.8 Å². The molecule has 0 saturated carbocycles. The first kappa shape index (κ1) is 18.4. The molecule has 1 heterocycles. The Labute approximate surface area is 126 Å². The zero-order chi connectivity index (χ0) is 15.7. The van der Waals surface area contributed by atoms with E-state index < -0.39 is 19.0 Å². The van der Waals surface area contributed by atoms with Crippen molar-refractivity contribution < 1.29 is 22.3 Å². The smallest absolute Gasteiger partial charge is 0.330 e. The van der Waals surface area contributed by atoms with Crippen LogP contribution in [0, 0.1) is 0 Å². The molecule has 21 heavy (non-hydrogen) atoms. The van der Waals surface area contributed by atoms with Crippen molar-refractivity contribution in [1.29, 1.82) is 0 Å². The lowest BCUT2D eigenvalue weighted by molar-refractivity contribution is -0.167. The molecule has 0 bridgehead atoms. The fraction of sp³-hybridized carbons (Fsp3) is 0.714.